The maximum atomic E-state index is 11.9. The summed E-state index contributed by atoms with van der Waals surface area (Å²) < 4.78 is 2.14. The first kappa shape index (κ1) is 20.6. The molecule has 5 nitrogen and oxygen atoms in total. The molecular weight excluding hydrogens is 397 g/mol. The van der Waals surface area contributed by atoms with Gasteiger partial charge in [0, 0.05) is 25.9 Å². The van der Waals surface area contributed by atoms with Crippen molar-refractivity contribution in [3.63, 3.8) is 0 Å². The summed E-state index contributed by atoms with van der Waals surface area (Å²) in [6.45, 7) is 2.78. The van der Waals surface area contributed by atoms with Crippen molar-refractivity contribution in [1.29, 1.82) is 0 Å². The molecule has 148 valence electrons. The molecule has 1 aromatic heterocycles. The van der Waals surface area contributed by atoms with E-state index in [1.807, 2.05) is 36.4 Å². The van der Waals surface area contributed by atoms with Crippen LogP contribution in [0.5, 0.6) is 0 Å². The third-order valence-corrected chi connectivity index (χ3v) is 5.26. The summed E-state index contributed by atoms with van der Waals surface area (Å²) in [6.07, 6.45) is 0.913. The van der Waals surface area contributed by atoms with E-state index < -0.39 is 6.10 Å². The van der Waals surface area contributed by atoms with Gasteiger partial charge in [0.25, 0.3) is 0 Å². The number of nitrogens with one attached hydrogen (secondary N) is 1. The van der Waals surface area contributed by atoms with Gasteiger partial charge in [0.2, 0.25) is 5.91 Å². The molecule has 2 N–H and O–H groups in total. The Balaban J connectivity index is 1.75. The second-order valence-corrected chi connectivity index (χ2v) is 7.65. The Morgan fingerprint density at radius 2 is 2.00 bits per heavy atom. The minimum absolute atomic E-state index is 0.0620. The van der Waals surface area contributed by atoms with Crippen molar-refractivity contribution in [3.8, 4) is 0 Å². The first-order valence-electron chi connectivity index (χ1n) is 9.27. The van der Waals surface area contributed by atoms with Crippen molar-refractivity contribution in [1.82, 2.24) is 14.9 Å². The fraction of sp³-hybridized carbons (Fsp3) is 0.333. The van der Waals surface area contributed by atoms with Gasteiger partial charge in [-0.05, 0) is 43.2 Å². The van der Waals surface area contributed by atoms with Crippen LogP contribution in [-0.4, -0.2) is 33.2 Å². The van der Waals surface area contributed by atoms with Crippen LogP contribution in [0.15, 0.2) is 42.5 Å². The lowest BCUT2D eigenvalue weighted by atomic mass is 10.2. The minimum Gasteiger partial charge on any atom is -0.393 e. The molecule has 0 aliphatic heterocycles. The molecule has 1 amide bonds. The molecule has 0 fully saturated rings. The Morgan fingerprint density at radius 3 is 2.75 bits per heavy atom. The van der Waals surface area contributed by atoms with Gasteiger partial charge < -0.3 is 15.0 Å². The molecule has 0 bridgehead atoms. The smallest absolute Gasteiger partial charge is 0.220 e. The molecule has 3 rings (SSSR count). The number of aliphatic hydroxyl groups excluding tert-OH is 1. The highest BCUT2D eigenvalue weighted by Crippen LogP contribution is 2.24. The van der Waals surface area contributed by atoms with Crippen molar-refractivity contribution in [3.05, 3.63) is 63.9 Å². The lowest BCUT2D eigenvalue weighted by molar-refractivity contribution is -0.121. The normalized spacial score (nSPS) is 12.3. The van der Waals surface area contributed by atoms with Gasteiger partial charge in [-0.15, -0.1) is 0 Å². The van der Waals surface area contributed by atoms with Crippen molar-refractivity contribution >= 4 is 40.1 Å². The zero-order chi connectivity index (χ0) is 20.1. The van der Waals surface area contributed by atoms with E-state index in [9.17, 15) is 9.90 Å². The first-order valence-corrected chi connectivity index (χ1v) is 10.0. The van der Waals surface area contributed by atoms with Crippen molar-refractivity contribution < 1.29 is 9.90 Å². The number of halogens is 2. The number of aliphatic hydroxyl groups is 1. The number of benzene rings is 2. The average molecular weight is 420 g/mol. The number of imidazole rings is 1. The third kappa shape index (κ3) is 5.25. The summed E-state index contributed by atoms with van der Waals surface area (Å²) in [6, 6.07) is 13.6. The number of hydrogen-bond acceptors (Lipinski definition) is 3. The predicted octanol–water partition coefficient (Wildman–Crippen LogP) is 4.21. The number of nitrogens with zero attached hydrogens (tertiary/aromatic N) is 2. The van der Waals surface area contributed by atoms with E-state index in [1.54, 1.807) is 13.0 Å². The predicted molar refractivity (Wildman–Crippen MR) is 113 cm³/mol. The summed E-state index contributed by atoms with van der Waals surface area (Å²) in [4.78, 5) is 16.6. The van der Waals surface area contributed by atoms with Gasteiger partial charge in [0.05, 0.1) is 27.2 Å². The molecule has 3 aromatic rings. The average Bonchev–Trinajstić information content (AvgIpc) is 3.00. The maximum Gasteiger partial charge on any atom is 0.220 e. The van der Waals surface area contributed by atoms with Crippen molar-refractivity contribution in [2.45, 2.75) is 38.8 Å². The molecule has 0 radical (unpaired) electrons. The quantitative estimate of drug-likeness (QED) is 0.574. The van der Waals surface area contributed by atoms with Gasteiger partial charge in [-0.2, -0.15) is 0 Å². The lowest BCUT2D eigenvalue weighted by Gasteiger charge is -2.11. The van der Waals surface area contributed by atoms with Crippen LogP contribution in [0.1, 0.15) is 31.2 Å². The molecule has 1 atom stereocenters. The Hall–Kier alpha value is -2.08. The fourth-order valence-corrected chi connectivity index (χ4v) is 3.38. The fourth-order valence-electron chi connectivity index (χ4n) is 3.06. The summed E-state index contributed by atoms with van der Waals surface area (Å²) >= 11 is 12.2. The maximum absolute atomic E-state index is 11.9. The van der Waals surface area contributed by atoms with Crippen LogP contribution in [0.3, 0.4) is 0 Å². The van der Waals surface area contributed by atoms with E-state index in [2.05, 4.69) is 9.88 Å². The molecule has 0 saturated heterocycles. The molecule has 0 aliphatic rings. The topological polar surface area (TPSA) is 67.2 Å². The number of para-hydroxylation sites is 2. The van der Waals surface area contributed by atoms with E-state index in [4.69, 9.17) is 28.2 Å². The SMILES string of the molecule is CC(O)CCC(=O)NCCc1nc2ccccc2n1Cc1ccc(Cl)c(Cl)c1. The van der Waals surface area contributed by atoms with Crippen LogP contribution in [0, 0.1) is 0 Å². The molecule has 7 heteroatoms. The molecule has 0 aliphatic carbocycles. The number of amides is 1. The van der Waals surface area contributed by atoms with Gasteiger partial charge >= 0.3 is 0 Å². The van der Waals surface area contributed by atoms with Gasteiger partial charge in [0.15, 0.2) is 0 Å². The highest BCUT2D eigenvalue weighted by molar-refractivity contribution is 6.42. The highest BCUT2D eigenvalue weighted by atomic mass is 35.5. The Bertz CT molecular complexity index is 969. The van der Waals surface area contributed by atoms with E-state index in [0.29, 0.717) is 42.4 Å². The standard InChI is InChI=1S/C21H23Cl2N3O2/c1-14(27)6-9-21(28)24-11-10-20-25-18-4-2-3-5-19(18)26(20)13-15-7-8-16(22)17(23)12-15/h2-5,7-8,12,14,27H,6,9-11,13H2,1H3,(H,24,28). The van der Waals surface area contributed by atoms with E-state index in [0.717, 1.165) is 22.4 Å². The summed E-state index contributed by atoms with van der Waals surface area (Å²) in [5, 5.41) is 13.2. The van der Waals surface area contributed by atoms with E-state index in [-0.39, 0.29) is 5.91 Å². The van der Waals surface area contributed by atoms with Crippen molar-refractivity contribution in [2.75, 3.05) is 6.54 Å². The highest BCUT2D eigenvalue weighted by Gasteiger charge is 2.12. The van der Waals surface area contributed by atoms with E-state index in [1.165, 1.54) is 0 Å². The van der Waals surface area contributed by atoms with E-state index >= 15 is 0 Å². The number of carbonyl (C=O) groups excluding carboxylic acids is 1. The van der Waals surface area contributed by atoms with Crippen LogP contribution < -0.4 is 5.32 Å². The lowest BCUT2D eigenvalue weighted by Crippen LogP contribution is -2.27. The van der Waals surface area contributed by atoms with Gasteiger partial charge in [-0.3, -0.25) is 4.79 Å². The molecule has 1 heterocycles. The second-order valence-electron chi connectivity index (χ2n) is 6.84. The first-order chi connectivity index (χ1) is 13.4. The van der Waals surface area contributed by atoms with Gasteiger partial charge in [-0.25, -0.2) is 4.98 Å². The Labute approximate surface area is 174 Å². The molecule has 28 heavy (non-hydrogen) atoms. The van der Waals surface area contributed by atoms with Crippen LogP contribution in [0.25, 0.3) is 11.0 Å². The molecule has 0 spiro atoms. The summed E-state index contributed by atoms with van der Waals surface area (Å²) in [5.41, 5.74) is 2.97. The monoisotopic (exact) mass is 419 g/mol. The number of carbonyl (C=O) groups is 1. The molecular formula is C21H23Cl2N3O2. The molecule has 0 saturated carbocycles. The largest absolute Gasteiger partial charge is 0.393 e. The number of hydrogen-bond donors (Lipinski definition) is 2. The third-order valence-electron chi connectivity index (χ3n) is 4.52. The van der Waals surface area contributed by atoms with Crippen LogP contribution in [0.4, 0.5) is 0 Å². The summed E-state index contributed by atoms with van der Waals surface area (Å²) in [7, 11) is 0. The van der Waals surface area contributed by atoms with Crippen LogP contribution >= 0.6 is 23.2 Å². The number of aromatic nitrogens is 2. The Morgan fingerprint density at radius 1 is 1.21 bits per heavy atom. The zero-order valence-corrected chi connectivity index (χ0v) is 17.2. The van der Waals surface area contributed by atoms with Crippen LogP contribution in [0.2, 0.25) is 10.0 Å². The van der Waals surface area contributed by atoms with Crippen LogP contribution in [-0.2, 0) is 17.8 Å². The Kier molecular flexibility index (Phi) is 6.94. The zero-order valence-electron chi connectivity index (χ0n) is 15.7. The van der Waals surface area contributed by atoms with Gasteiger partial charge in [-0.1, -0.05) is 41.4 Å². The van der Waals surface area contributed by atoms with Gasteiger partial charge in [0.1, 0.15) is 5.82 Å². The second kappa shape index (κ2) is 9.41. The van der Waals surface area contributed by atoms with Crippen molar-refractivity contribution in [2.24, 2.45) is 0 Å². The summed E-state index contributed by atoms with van der Waals surface area (Å²) in [5.74, 6) is 0.830. The molecule has 2 aromatic carbocycles. The minimum atomic E-state index is -0.471. The molecule has 1 unspecified atom stereocenters. The number of rotatable bonds is 8. The number of fused-ring (bicyclic) bond motifs is 1.